The number of alkyl halides is 6. The smallest absolute Gasteiger partial charge is 0.475 e. The van der Waals surface area contributed by atoms with Crippen LogP contribution in [0.2, 0.25) is 0 Å². The SMILES string of the molecule is O=C(NCc1ccncc1)c1ccccc1N1CCCN(C(=O)Cc2ccc(F)c(F)c2)CC1.O=C(O)C(F)(F)F.O=C(O)C(F)(F)F. The zero-order valence-electron chi connectivity index (χ0n) is 24.7. The van der Waals surface area contributed by atoms with E-state index in [4.69, 9.17) is 19.8 Å². The van der Waals surface area contributed by atoms with E-state index in [1.807, 2.05) is 30.3 Å². The fourth-order valence-electron chi connectivity index (χ4n) is 4.06. The van der Waals surface area contributed by atoms with Gasteiger partial charge in [-0.2, -0.15) is 26.3 Å². The number of anilines is 1. The zero-order chi connectivity index (χ0) is 36.1. The first-order valence-electron chi connectivity index (χ1n) is 13.7. The Morgan fingerprint density at radius 1 is 0.750 bits per heavy atom. The van der Waals surface area contributed by atoms with Crippen molar-refractivity contribution < 1.29 is 64.5 Å². The van der Waals surface area contributed by atoms with Gasteiger partial charge in [-0.1, -0.05) is 18.2 Å². The first-order valence-corrected chi connectivity index (χ1v) is 13.7. The first kappa shape index (κ1) is 38.9. The topological polar surface area (TPSA) is 140 Å². The van der Waals surface area contributed by atoms with Crippen LogP contribution in [0.3, 0.4) is 0 Å². The number of nitrogens with zero attached hydrogens (tertiary/aromatic N) is 3. The summed E-state index contributed by atoms with van der Waals surface area (Å²) in [5.41, 5.74) is 2.81. The highest BCUT2D eigenvalue weighted by Gasteiger charge is 2.38. The molecule has 0 atom stereocenters. The van der Waals surface area contributed by atoms with Gasteiger partial charge in [-0.25, -0.2) is 18.4 Å². The largest absolute Gasteiger partial charge is 0.490 e. The summed E-state index contributed by atoms with van der Waals surface area (Å²) >= 11 is 0. The molecule has 1 aliphatic rings. The number of para-hydroxylation sites is 1. The van der Waals surface area contributed by atoms with Crippen molar-refractivity contribution in [2.24, 2.45) is 0 Å². The minimum Gasteiger partial charge on any atom is -0.475 e. The monoisotopic (exact) mass is 692 g/mol. The number of rotatable bonds is 6. The molecule has 4 rings (SSSR count). The van der Waals surface area contributed by atoms with Gasteiger partial charge in [0.15, 0.2) is 11.6 Å². The fraction of sp³-hybridized carbons (Fsp3) is 0.300. The maximum atomic E-state index is 13.5. The Bertz CT molecular complexity index is 1530. The summed E-state index contributed by atoms with van der Waals surface area (Å²) in [5, 5.41) is 17.2. The maximum absolute atomic E-state index is 13.5. The quantitative estimate of drug-likeness (QED) is 0.312. The standard InChI is InChI=1S/C26H26F2N4O2.2C2HF3O2/c27-22-7-6-20(16-23(22)28)17-25(33)32-13-3-12-31(14-15-32)24-5-2-1-4-21(24)26(34)30-18-19-8-10-29-11-9-19;2*3-2(4,5)1(6)7/h1-2,4-11,16H,3,12-15,17-18H2,(H,30,34);2*(H,6,7). The van der Waals surface area contributed by atoms with Crippen molar-refractivity contribution in [3.63, 3.8) is 0 Å². The van der Waals surface area contributed by atoms with Crippen molar-refractivity contribution in [1.82, 2.24) is 15.2 Å². The summed E-state index contributed by atoms with van der Waals surface area (Å²) in [6, 6.07) is 14.7. The number of amides is 2. The molecule has 0 radical (unpaired) electrons. The lowest BCUT2D eigenvalue weighted by atomic mass is 10.1. The van der Waals surface area contributed by atoms with Crippen molar-refractivity contribution in [3.8, 4) is 0 Å². The molecule has 3 aromatic rings. The van der Waals surface area contributed by atoms with Gasteiger partial charge in [-0.15, -0.1) is 0 Å². The molecule has 1 saturated heterocycles. The molecule has 0 bridgehead atoms. The second kappa shape index (κ2) is 17.6. The third-order valence-electron chi connectivity index (χ3n) is 6.36. The Morgan fingerprint density at radius 2 is 1.33 bits per heavy atom. The van der Waals surface area contributed by atoms with E-state index in [1.54, 1.807) is 23.4 Å². The van der Waals surface area contributed by atoms with Crippen molar-refractivity contribution in [1.29, 1.82) is 0 Å². The Kier molecular flexibility index (Phi) is 14.2. The van der Waals surface area contributed by atoms with Gasteiger partial charge in [0.1, 0.15) is 0 Å². The Labute approximate surface area is 267 Å². The van der Waals surface area contributed by atoms with Crippen LogP contribution in [0.25, 0.3) is 0 Å². The maximum Gasteiger partial charge on any atom is 0.490 e. The molecule has 260 valence electrons. The first-order chi connectivity index (χ1) is 22.4. The van der Waals surface area contributed by atoms with Gasteiger partial charge in [-0.3, -0.25) is 14.6 Å². The second-order valence-corrected chi connectivity index (χ2v) is 9.81. The van der Waals surface area contributed by atoms with Gasteiger partial charge in [0.25, 0.3) is 5.91 Å². The number of carboxylic acid groups (broad SMARTS) is 2. The van der Waals surface area contributed by atoms with Crippen LogP contribution < -0.4 is 10.2 Å². The van der Waals surface area contributed by atoms with E-state index in [1.165, 1.54) is 6.07 Å². The number of carbonyl (C=O) groups is 4. The fourth-order valence-corrected chi connectivity index (χ4v) is 4.06. The van der Waals surface area contributed by atoms with Gasteiger partial charge >= 0.3 is 24.3 Å². The van der Waals surface area contributed by atoms with E-state index in [2.05, 4.69) is 15.2 Å². The molecule has 1 aliphatic heterocycles. The lowest BCUT2D eigenvalue weighted by molar-refractivity contribution is -0.193. The summed E-state index contributed by atoms with van der Waals surface area (Å²) in [6.07, 6.45) is -6.04. The number of carbonyl (C=O) groups excluding carboxylic acids is 2. The highest BCUT2D eigenvalue weighted by Crippen LogP contribution is 2.23. The second-order valence-electron chi connectivity index (χ2n) is 9.81. The van der Waals surface area contributed by atoms with Crippen LogP contribution in [0.4, 0.5) is 40.8 Å². The molecule has 1 aromatic heterocycles. The molecule has 0 spiro atoms. The van der Waals surface area contributed by atoms with E-state index < -0.39 is 35.9 Å². The van der Waals surface area contributed by atoms with Gasteiger partial charge in [0, 0.05) is 50.8 Å². The number of benzene rings is 2. The highest BCUT2D eigenvalue weighted by molar-refractivity contribution is 5.99. The molecular weight excluding hydrogens is 664 g/mol. The normalized spacial score (nSPS) is 13.2. The lowest BCUT2D eigenvalue weighted by Crippen LogP contribution is -2.36. The Hall–Kier alpha value is -5.29. The molecule has 10 nitrogen and oxygen atoms in total. The van der Waals surface area contributed by atoms with Crippen LogP contribution in [0.1, 0.15) is 27.9 Å². The Balaban J connectivity index is 0.000000479. The summed E-state index contributed by atoms with van der Waals surface area (Å²) < 4.78 is 90.1. The number of carboxylic acids is 2. The van der Waals surface area contributed by atoms with E-state index in [-0.39, 0.29) is 18.2 Å². The summed E-state index contributed by atoms with van der Waals surface area (Å²) in [6.45, 7) is 2.72. The average Bonchev–Trinajstić information content (AvgIpc) is 3.28. The van der Waals surface area contributed by atoms with Crippen LogP contribution in [0.5, 0.6) is 0 Å². The van der Waals surface area contributed by atoms with Crippen molar-refractivity contribution in [3.05, 3.63) is 95.3 Å². The Morgan fingerprint density at radius 3 is 1.90 bits per heavy atom. The predicted octanol–water partition coefficient (Wildman–Crippen LogP) is 4.84. The van der Waals surface area contributed by atoms with Crippen LogP contribution in [-0.2, 0) is 27.3 Å². The number of aromatic nitrogens is 1. The van der Waals surface area contributed by atoms with E-state index >= 15 is 0 Å². The van der Waals surface area contributed by atoms with Crippen LogP contribution in [0.15, 0.2) is 67.0 Å². The van der Waals surface area contributed by atoms with Gasteiger partial charge < -0.3 is 25.3 Å². The number of hydrogen-bond acceptors (Lipinski definition) is 6. The number of nitrogens with one attached hydrogen (secondary N) is 1. The summed E-state index contributed by atoms with van der Waals surface area (Å²) in [4.78, 5) is 51.3. The molecule has 1 fully saturated rings. The van der Waals surface area contributed by atoms with Gasteiger partial charge in [-0.05, 0) is 53.9 Å². The van der Waals surface area contributed by atoms with Crippen LogP contribution in [0, 0.1) is 11.6 Å². The molecule has 3 N–H and O–H groups in total. The van der Waals surface area contributed by atoms with Gasteiger partial charge in [0.05, 0.1) is 12.0 Å². The van der Waals surface area contributed by atoms with Crippen molar-refractivity contribution in [2.45, 2.75) is 31.7 Å². The molecule has 2 heterocycles. The minimum absolute atomic E-state index is 0.0190. The molecule has 0 aliphatic carbocycles. The van der Waals surface area contributed by atoms with Crippen LogP contribution >= 0.6 is 0 Å². The van der Waals surface area contributed by atoms with Gasteiger partial charge in [0.2, 0.25) is 5.91 Å². The number of aliphatic carboxylic acids is 2. The minimum atomic E-state index is -5.08. The molecule has 48 heavy (non-hydrogen) atoms. The molecule has 0 saturated carbocycles. The number of hydrogen-bond donors (Lipinski definition) is 3. The zero-order valence-corrected chi connectivity index (χ0v) is 24.7. The summed E-state index contributed by atoms with van der Waals surface area (Å²) in [5.74, 6) is -7.68. The van der Waals surface area contributed by atoms with Crippen LogP contribution in [-0.4, -0.2) is 82.4 Å². The van der Waals surface area contributed by atoms with Crippen molar-refractivity contribution in [2.75, 3.05) is 31.1 Å². The van der Waals surface area contributed by atoms with E-state index in [0.717, 1.165) is 29.8 Å². The highest BCUT2D eigenvalue weighted by atomic mass is 19.4. The third-order valence-corrected chi connectivity index (χ3v) is 6.36. The number of pyridine rings is 1. The third kappa shape index (κ3) is 12.8. The lowest BCUT2D eigenvalue weighted by Gasteiger charge is -2.25. The molecule has 2 aromatic carbocycles. The summed E-state index contributed by atoms with van der Waals surface area (Å²) in [7, 11) is 0. The molecule has 2 amide bonds. The molecule has 0 unspecified atom stereocenters. The molecule has 18 heteroatoms. The van der Waals surface area contributed by atoms with E-state index in [0.29, 0.717) is 43.9 Å². The average molecular weight is 693 g/mol. The van der Waals surface area contributed by atoms with E-state index in [9.17, 15) is 44.7 Å². The predicted molar refractivity (Wildman–Crippen MR) is 153 cm³/mol. The molecular formula is C30H28F8N4O6. The van der Waals surface area contributed by atoms with Crippen molar-refractivity contribution >= 4 is 29.4 Å². The number of halogens is 8.